The topological polar surface area (TPSA) is 40.6 Å². The summed E-state index contributed by atoms with van der Waals surface area (Å²) in [5.41, 5.74) is 1.63. The number of hydrogen-bond donors (Lipinski definition) is 0. The third-order valence-corrected chi connectivity index (χ3v) is 5.99. The van der Waals surface area contributed by atoms with E-state index in [1.54, 1.807) is 18.2 Å². The van der Waals surface area contributed by atoms with Gasteiger partial charge in [0.05, 0.1) is 16.6 Å². The summed E-state index contributed by atoms with van der Waals surface area (Å²) < 4.78 is 0. The van der Waals surface area contributed by atoms with Crippen LogP contribution in [0.1, 0.15) is 30.1 Å². The van der Waals surface area contributed by atoms with E-state index in [2.05, 4.69) is 4.90 Å². The van der Waals surface area contributed by atoms with Crippen LogP contribution < -0.4 is 4.90 Å². The van der Waals surface area contributed by atoms with E-state index in [1.807, 2.05) is 42.2 Å². The number of carbonyl (C=O) groups excluding carboxylic acids is 2. The van der Waals surface area contributed by atoms with Crippen molar-refractivity contribution in [2.24, 2.45) is 5.92 Å². The number of nitrogens with zero attached hydrogens (tertiary/aromatic N) is 2. The highest BCUT2D eigenvalue weighted by Gasteiger charge is 2.28. The Morgan fingerprint density at radius 2 is 1.71 bits per heavy atom. The standard InChI is InChI=1S/C22H24Cl2N2O2/c1-2-25(18-6-4-3-5-7-18)15-21(27)26-12-10-16(11-13-26)22(28)17-8-9-19(23)20(24)14-17/h3-9,14,16H,2,10-13,15H2,1H3. The molecule has 1 saturated heterocycles. The van der Waals surface area contributed by atoms with Gasteiger partial charge in [-0.15, -0.1) is 0 Å². The lowest BCUT2D eigenvalue weighted by Crippen LogP contribution is -2.45. The first-order chi connectivity index (χ1) is 13.5. The second-order valence-electron chi connectivity index (χ2n) is 7.00. The van der Waals surface area contributed by atoms with E-state index in [-0.39, 0.29) is 17.6 Å². The molecule has 1 aliphatic rings. The number of likely N-dealkylation sites (tertiary alicyclic amines) is 1. The molecule has 0 N–H and O–H groups in total. The van der Waals surface area contributed by atoms with Crippen molar-refractivity contribution in [3.8, 4) is 0 Å². The second kappa shape index (κ2) is 9.44. The summed E-state index contributed by atoms with van der Waals surface area (Å²) in [4.78, 5) is 29.4. The summed E-state index contributed by atoms with van der Waals surface area (Å²) in [6.45, 7) is 4.36. The summed E-state index contributed by atoms with van der Waals surface area (Å²) in [5, 5.41) is 0.832. The Labute approximate surface area is 176 Å². The molecule has 3 rings (SSSR count). The number of hydrogen-bond acceptors (Lipinski definition) is 3. The van der Waals surface area contributed by atoms with Gasteiger partial charge in [-0.05, 0) is 50.1 Å². The van der Waals surface area contributed by atoms with Crippen LogP contribution in [0.2, 0.25) is 10.0 Å². The predicted molar refractivity (Wildman–Crippen MR) is 114 cm³/mol. The number of ketones is 1. The number of piperidine rings is 1. The molecule has 28 heavy (non-hydrogen) atoms. The maximum Gasteiger partial charge on any atom is 0.242 e. The average molecular weight is 419 g/mol. The first-order valence-electron chi connectivity index (χ1n) is 9.56. The summed E-state index contributed by atoms with van der Waals surface area (Å²) in [6.07, 6.45) is 1.34. The van der Waals surface area contributed by atoms with Crippen LogP contribution in [-0.2, 0) is 4.79 Å². The molecule has 0 radical (unpaired) electrons. The van der Waals surface area contributed by atoms with Crippen LogP contribution in [0.3, 0.4) is 0 Å². The average Bonchev–Trinajstić information content (AvgIpc) is 2.74. The summed E-state index contributed by atoms with van der Waals surface area (Å²) in [5.74, 6) is 0.0916. The van der Waals surface area contributed by atoms with E-state index in [0.29, 0.717) is 48.1 Å². The molecule has 2 aromatic rings. The molecule has 4 nitrogen and oxygen atoms in total. The molecule has 0 unspecified atom stereocenters. The Morgan fingerprint density at radius 3 is 2.32 bits per heavy atom. The lowest BCUT2D eigenvalue weighted by molar-refractivity contribution is -0.130. The fraction of sp³-hybridized carbons (Fsp3) is 0.364. The Kier molecular flexibility index (Phi) is 6.97. The van der Waals surface area contributed by atoms with Gasteiger partial charge in [-0.1, -0.05) is 41.4 Å². The number of carbonyl (C=O) groups is 2. The Morgan fingerprint density at radius 1 is 1.04 bits per heavy atom. The molecule has 148 valence electrons. The van der Waals surface area contributed by atoms with E-state index >= 15 is 0 Å². The van der Waals surface area contributed by atoms with Gasteiger partial charge in [0, 0.05) is 36.8 Å². The molecule has 1 heterocycles. The number of benzene rings is 2. The number of rotatable bonds is 6. The molecular weight excluding hydrogens is 395 g/mol. The van der Waals surface area contributed by atoms with Crippen molar-refractivity contribution in [3.63, 3.8) is 0 Å². The van der Waals surface area contributed by atoms with Gasteiger partial charge in [-0.3, -0.25) is 9.59 Å². The predicted octanol–water partition coefficient (Wildman–Crippen LogP) is 4.94. The number of amides is 1. The number of halogens is 2. The van der Waals surface area contributed by atoms with Crippen molar-refractivity contribution in [3.05, 3.63) is 64.1 Å². The van der Waals surface area contributed by atoms with Crippen LogP contribution in [0.15, 0.2) is 48.5 Å². The Bertz CT molecular complexity index is 834. The maximum atomic E-state index is 12.7. The summed E-state index contributed by atoms with van der Waals surface area (Å²) in [6, 6.07) is 14.9. The number of likely N-dealkylation sites (N-methyl/N-ethyl adjacent to an activating group) is 1. The number of Topliss-reactive ketones (excluding diaryl/α,β-unsaturated/α-hetero) is 1. The van der Waals surface area contributed by atoms with E-state index in [9.17, 15) is 9.59 Å². The highest BCUT2D eigenvalue weighted by atomic mass is 35.5. The molecule has 1 amide bonds. The van der Waals surface area contributed by atoms with Crippen molar-refractivity contribution in [1.29, 1.82) is 0 Å². The molecular formula is C22H24Cl2N2O2. The molecule has 1 fully saturated rings. The smallest absolute Gasteiger partial charge is 0.242 e. The van der Waals surface area contributed by atoms with Gasteiger partial charge >= 0.3 is 0 Å². The van der Waals surface area contributed by atoms with Crippen molar-refractivity contribution < 1.29 is 9.59 Å². The fourth-order valence-corrected chi connectivity index (χ4v) is 3.86. The van der Waals surface area contributed by atoms with Crippen LogP contribution in [0, 0.1) is 5.92 Å². The third kappa shape index (κ3) is 4.86. The van der Waals surface area contributed by atoms with Gasteiger partial charge in [-0.2, -0.15) is 0 Å². The van der Waals surface area contributed by atoms with E-state index < -0.39 is 0 Å². The number of para-hydroxylation sites is 1. The van der Waals surface area contributed by atoms with E-state index in [1.165, 1.54) is 0 Å². The highest BCUT2D eigenvalue weighted by Crippen LogP contribution is 2.27. The Hall–Kier alpha value is -2.04. The van der Waals surface area contributed by atoms with Crippen molar-refractivity contribution in [1.82, 2.24) is 4.90 Å². The molecule has 6 heteroatoms. The van der Waals surface area contributed by atoms with Crippen LogP contribution >= 0.6 is 23.2 Å². The van der Waals surface area contributed by atoms with Gasteiger partial charge in [0.15, 0.2) is 5.78 Å². The molecule has 0 aliphatic carbocycles. The molecule has 0 spiro atoms. The van der Waals surface area contributed by atoms with E-state index in [4.69, 9.17) is 23.2 Å². The van der Waals surface area contributed by atoms with Gasteiger partial charge in [0.2, 0.25) is 5.91 Å². The molecule has 1 aliphatic heterocycles. The first kappa shape index (κ1) is 20.7. The Balaban J connectivity index is 1.56. The lowest BCUT2D eigenvalue weighted by atomic mass is 9.89. The van der Waals surface area contributed by atoms with E-state index in [0.717, 1.165) is 12.2 Å². The second-order valence-corrected chi connectivity index (χ2v) is 7.81. The lowest BCUT2D eigenvalue weighted by Gasteiger charge is -2.33. The zero-order valence-electron chi connectivity index (χ0n) is 15.9. The third-order valence-electron chi connectivity index (χ3n) is 5.25. The van der Waals surface area contributed by atoms with Crippen LogP contribution in [0.5, 0.6) is 0 Å². The number of anilines is 1. The molecule has 0 saturated carbocycles. The largest absolute Gasteiger partial charge is 0.362 e. The highest BCUT2D eigenvalue weighted by molar-refractivity contribution is 6.42. The van der Waals surface area contributed by atoms with Crippen molar-refractivity contribution in [2.75, 3.05) is 31.1 Å². The SMILES string of the molecule is CCN(CC(=O)N1CCC(C(=O)c2ccc(Cl)c(Cl)c2)CC1)c1ccccc1. The van der Waals surface area contributed by atoms with Crippen LogP contribution in [0.25, 0.3) is 0 Å². The minimum absolute atomic E-state index is 0.0742. The maximum absolute atomic E-state index is 12.7. The van der Waals surface area contributed by atoms with Gasteiger partial charge < -0.3 is 9.80 Å². The molecule has 0 aromatic heterocycles. The minimum atomic E-state index is -0.0855. The zero-order chi connectivity index (χ0) is 20.1. The molecule has 0 atom stereocenters. The fourth-order valence-electron chi connectivity index (χ4n) is 3.56. The summed E-state index contributed by atoms with van der Waals surface area (Å²) in [7, 11) is 0. The van der Waals surface area contributed by atoms with Gasteiger partial charge in [-0.25, -0.2) is 0 Å². The van der Waals surface area contributed by atoms with Crippen molar-refractivity contribution >= 4 is 40.6 Å². The molecule has 0 bridgehead atoms. The quantitative estimate of drug-likeness (QED) is 0.623. The molecule has 2 aromatic carbocycles. The monoisotopic (exact) mass is 418 g/mol. The summed E-state index contributed by atoms with van der Waals surface area (Å²) >= 11 is 12.0. The first-order valence-corrected chi connectivity index (χ1v) is 10.3. The van der Waals surface area contributed by atoms with Crippen LogP contribution in [0.4, 0.5) is 5.69 Å². The van der Waals surface area contributed by atoms with Crippen LogP contribution in [-0.4, -0.2) is 42.8 Å². The van der Waals surface area contributed by atoms with Crippen molar-refractivity contribution in [2.45, 2.75) is 19.8 Å². The van der Waals surface area contributed by atoms with Gasteiger partial charge in [0.25, 0.3) is 0 Å². The zero-order valence-corrected chi connectivity index (χ0v) is 17.4. The van der Waals surface area contributed by atoms with Gasteiger partial charge in [0.1, 0.15) is 0 Å². The normalized spacial score (nSPS) is 14.8. The minimum Gasteiger partial charge on any atom is -0.362 e.